The number of rotatable bonds is 7. The summed E-state index contributed by atoms with van der Waals surface area (Å²) in [6.45, 7) is 6.05. The molecule has 5 nitrogen and oxygen atoms in total. The molecule has 0 spiro atoms. The number of hydrogen-bond acceptors (Lipinski definition) is 5. The average Bonchev–Trinajstić information content (AvgIpc) is 3.30. The molecule has 4 aromatic rings. The molecule has 0 aliphatic rings. The Morgan fingerprint density at radius 1 is 0.882 bits per heavy atom. The highest BCUT2D eigenvalue weighted by Crippen LogP contribution is 2.38. The van der Waals surface area contributed by atoms with Crippen molar-refractivity contribution in [3.63, 3.8) is 0 Å². The number of carbonyl (C=O) groups excluding carboxylic acids is 1. The van der Waals surface area contributed by atoms with Gasteiger partial charge in [-0.1, -0.05) is 72.0 Å². The molecular formula is C27H26N4OS2. The van der Waals surface area contributed by atoms with Crippen molar-refractivity contribution < 1.29 is 4.79 Å². The Morgan fingerprint density at radius 2 is 1.47 bits per heavy atom. The van der Waals surface area contributed by atoms with Gasteiger partial charge in [0.05, 0.1) is 10.6 Å². The van der Waals surface area contributed by atoms with Gasteiger partial charge >= 0.3 is 0 Å². The zero-order valence-electron chi connectivity index (χ0n) is 19.1. The first-order valence-corrected chi connectivity index (χ1v) is 12.4. The highest BCUT2D eigenvalue weighted by atomic mass is 32.1. The summed E-state index contributed by atoms with van der Waals surface area (Å²) in [6.07, 6.45) is 0. The fraction of sp³-hybridized carbons (Fsp3) is 0.148. The van der Waals surface area contributed by atoms with Gasteiger partial charge in [-0.05, 0) is 55.9 Å². The molecular weight excluding hydrogens is 460 g/mol. The van der Waals surface area contributed by atoms with Crippen molar-refractivity contribution in [1.29, 1.82) is 0 Å². The molecule has 0 aliphatic heterocycles. The minimum atomic E-state index is -0.258. The molecule has 3 aromatic carbocycles. The van der Waals surface area contributed by atoms with E-state index in [4.69, 9.17) is 17.2 Å². The van der Waals surface area contributed by atoms with Gasteiger partial charge in [-0.3, -0.25) is 10.1 Å². The van der Waals surface area contributed by atoms with Crippen LogP contribution in [0.15, 0.2) is 84.9 Å². The van der Waals surface area contributed by atoms with Crippen LogP contribution in [0.1, 0.15) is 24.2 Å². The average molecular weight is 487 g/mol. The minimum Gasteiger partial charge on any atom is -0.372 e. The van der Waals surface area contributed by atoms with Crippen molar-refractivity contribution in [3.05, 3.63) is 90.5 Å². The number of hydrogen-bond donors (Lipinski definition) is 2. The topological polar surface area (TPSA) is 57.3 Å². The summed E-state index contributed by atoms with van der Waals surface area (Å²) < 4.78 is 0. The molecule has 7 heteroatoms. The molecule has 0 unspecified atom stereocenters. The molecule has 0 saturated heterocycles. The van der Waals surface area contributed by atoms with E-state index in [2.05, 4.69) is 41.5 Å². The maximum absolute atomic E-state index is 12.7. The van der Waals surface area contributed by atoms with Gasteiger partial charge in [-0.25, -0.2) is 4.98 Å². The first kappa shape index (κ1) is 23.6. The number of benzene rings is 3. The molecule has 0 fully saturated rings. The highest BCUT2D eigenvalue weighted by Gasteiger charge is 2.16. The van der Waals surface area contributed by atoms with Crippen molar-refractivity contribution in [2.75, 3.05) is 23.3 Å². The number of nitrogens with zero attached hydrogens (tertiary/aromatic N) is 2. The van der Waals surface area contributed by atoms with Crippen molar-refractivity contribution in [2.45, 2.75) is 13.8 Å². The number of nitrogens with one attached hydrogen (secondary N) is 2. The molecule has 1 amide bonds. The lowest BCUT2D eigenvalue weighted by Crippen LogP contribution is -2.34. The second-order valence-corrected chi connectivity index (χ2v) is 8.96. The molecule has 0 radical (unpaired) electrons. The van der Waals surface area contributed by atoms with Crippen LogP contribution in [0.25, 0.3) is 21.7 Å². The molecule has 1 aromatic heterocycles. The molecule has 172 valence electrons. The Labute approximate surface area is 209 Å². The third kappa shape index (κ3) is 5.50. The first-order chi connectivity index (χ1) is 16.6. The third-order valence-electron chi connectivity index (χ3n) is 5.42. The van der Waals surface area contributed by atoms with E-state index >= 15 is 0 Å². The molecule has 0 aliphatic carbocycles. The van der Waals surface area contributed by atoms with Crippen LogP contribution in [0.3, 0.4) is 0 Å². The Hall–Kier alpha value is -3.55. The minimum absolute atomic E-state index is 0.214. The number of amides is 1. The van der Waals surface area contributed by atoms with Crippen molar-refractivity contribution >= 4 is 45.4 Å². The van der Waals surface area contributed by atoms with Crippen LogP contribution in [0, 0.1) is 0 Å². The van der Waals surface area contributed by atoms with E-state index in [-0.39, 0.29) is 11.0 Å². The summed E-state index contributed by atoms with van der Waals surface area (Å²) in [5.41, 5.74) is 4.62. The van der Waals surface area contributed by atoms with Gasteiger partial charge in [-0.2, -0.15) is 0 Å². The van der Waals surface area contributed by atoms with E-state index in [9.17, 15) is 4.79 Å². The van der Waals surface area contributed by atoms with Gasteiger partial charge in [0.15, 0.2) is 10.2 Å². The first-order valence-electron chi connectivity index (χ1n) is 11.2. The van der Waals surface area contributed by atoms with Gasteiger partial charge in [0.25, 0.3) is 5.91 Å². The number of thiazole rings is 1. The van der Waals surface area contributed by atoms with Crippen LogP contribution in [-0.4, -0.2) is 29.1 Å². The van der Waals surface area contributed by atoms with Crippen molar-refractivity contribution in [1.82, 2.24) is 10.3 Å². The van der Waals surface area contributed by atoms with E-state index in [0.29, 0.717) is 10.7 Å². The fourth-order valence-corrected chi connectivity index (χ4v) is 4.92. The van der Waals surface area contributed by atoms with Gasteiger partial charge in [0.1, 0.15) is 0 Å². The quantitative estimate of drug-likeness (QED) is 0.294. The van der Waals surface area contributed by atoms with Gasteiger partial charge in [0.2, 0.25) is 0 Å². The van der Waals surface area contributed by atoms with E-state index in [1.54, 1.807) is 0 Å². The smallest absolute Gasteiger partial charge is 0.257 e. The number of aromatic nitrogens is 1. The van der Waals surface area contributed by atoms with E-state index in [1.807, 2.05) is 72.8 Å². The predicted octanol–water partition coefficient (Wildman–Crippen LogP) is 6.45. The SMILES string of the molecule is CCN(CC)c1ccc(C(=O)NC(=S)Nc2nc(-c3ccccc3)c(-c3ccccc3)s2)cc1. The summed E-state index contributed by atoms with van der Waals surface area (Å²) in [5, 5.41) is 6.69. The van der Waals surface area contributed by atoms with Crippen LogP contribution in [0.2, 0.25) is 0 Å². The van der Waals surface area contributed by atoms with Crippen molar-refractivity contribution in [2.24, 2.45) is 0 Å². The fourth-order valence-electron chi connectivity index (χ4n) is 3.67. The van der Waals surface area contributed by atoms with Crippen LogP contribution in [0.5, 0.6) is 0 Å². The maximum Gasteiger partial charge on any atom is 0.257 e. The highest BCUT2D eigenvalue weighted by molar-refractivity contribution is 7.80. The molecule has 0 atom stereocenters. The number of anilines is 2. The molecule has 0 bridgehead atoms. The third-order valence-corrected chi connectivity index (χ3v) is 6.64. The lowest BCUT2D eigenvalue weighted by Gasteiger charge is -2.21. The summed E-state index contributed by atoms with van der Waals surface area (Å²) in [6, 6.07) is 27.7. The Morgan fingerprint density at radius 3 is 2.06 bits per heavy atom. The molecule has 1 heterocycles. The normalized spacial score (nSPS) is 10.5. The lowest BCUT2D eigenvalue weighted by molar-refractivity contribution is 0.0978. The van der Waals surface area contributed by atoms with E-state index in [0.717, 1.165) is 40.5 Å². The van der Waals surface area contributed by atoms with E-state index < -0.39 is 0 Å². The van der Waals surface area contributed by atoms with Crippen LogP contribution >= 0.6 is 23.6 Å². The van der Waals surface area contributed by atoms with Crippen LogP contribution < -0.4 is 15.5 Å². The maximum atomic E-state index is 12.7. The molecule has 0 saturated carbocycles. The Bertz CT molecular complexity index is 1190. The summed E-state index contributed by atoms with van der Waals surface area (Å²) in [4.78, 5) is 20.8. The van der Waals surface area contributed by atoms with Gasteiger partial charge in [-0.15, -0.1) is 0 Å². The van der Waals surface area contributed by atoms with E-state index in [1.165, 1.54) is 11.3 Å². The molecule has 34 heavy (non-hydrogen) atoms. The van der Waals surface area contributed by atoms with Gasteiger partial charge < -0.3 is 10.2 Å². The Kier molecular flexibility index (Phi) is 7.67. The molecule has 2 N–H and O–H groups in total. The zero-order chi connectivity index (χ0) is 23.9. The summed E-state index contributed by atoms with van der Waals surface area (Å²) in [5.74, 6) is -0.258. The summed E-state index contributed by atoms with van der Waals surface area (Å²) in [7, 11) is 0. The molecule has 4 rings (SSSR count). The predicted molar refractivity (Wildman–Crippen MR) is 147 cm³/mol. The second-order valence-electron chi connectivity index (χ2n) is 7.56. The second kappa shape index (κ2) is 11.0. The number of carbonyl (C=O) groups is 1. The standard InChI is InChI=1S/C27H26N4OS2/c1-3-31(4-2)22-17-15-21(16-18-22)25(32)29-26(33)30-27-28-23(19-11-7-5-8-12-19)24(34-27)20-13-9-6-10-14-20/h5-18H,3-4H2,1-2H3,(H2,28,29,30,32,33). The Balaban J connectivity index is 1.50. The van der Waals surface area contributed by atoms with Crippen LogP contribution in [-0.2, 0) is 0 Å². The lowest BCUT2D eigenvalue weighted by atomic mass is 10.1. The number of thiocarbonyl (C=S) groups is 1. The summed E-state index contributed by atoms with van der Waals surface area (Å²) >= 11 is 6.92. The van der Waals surface area contributed by atoms with Gasteiger partial charge in [0, 0.05) is 29.9 Å². The monoisotopic (exact) mass is 486 g/mol. The largest absolute Gasteiger partial charge is 0.372 e. The van der Waals surface area contributed by atoms with Crippen LogP contribution in [0.4, 0.5) is 10.8 Å². The van der Waals surface area contributed by atoms with Crippen molar-refractivity contribution in [3.8, 4) is 21.7 Å². The zero-order valence-corrected chi connectivity index (χ0v) is 20.7.